The first kappa shape index (κ1) is 10.7. The largest absolute Gasteiger partial charge is 0.489 e. The Hall–Kier alpha value is -1.42. The summed E-state index contributed by atoms with van der Waals surface area (Å²) in [5.74, 6) is 0.150. The maximum atomic E-state index is 12.5. The van der Waals surface area contributed by atoms with Crippen LogP contribution in [-0.4, -0.2) is 13.2 Å². The predicted octanol–water partition coefficient (Wildman–Crippen LogP) is 2.02. The van der Waals surface area contributed by atoms with Crippen LogP contribution in [-0.2, 0) is 0 Å². The summed E-state index contributed by atoms with van der Waals surface area (Å²) < 4.78 is 29.7. The van der Waals surface area contributed by atoms with Gasteiger partial charge < -0.3 is 10.5 Å². The molecule has 0 aliphatic heterocycles. The Morgan fingerprint density at radius 2 is 2.00 bits per heavy atom. The van der Waals surface area contributed by atoms with Crippen LogP contribution in [0.25, 0.3) is 0 Å². The maximum Gasteiger partial charge on any atom is 0.123 e. The fourth-order valence-electron chi connectivity index (χ4n) is 0.842. The zero-order chi connectivity index (χ0) is 10.4. The van der Waals surface area contributed by atoms with Gasteiger partial charge in [-0.15, -0.1) is 0 Å². The van der Waals surface area contributed by atoms with Crippen LogP contribution in [0.4, 0.5) is 8.78 Å². The second kappa shape index (κ2) is 5.34. The van der Waals surface area contributed by atoms with Crippen LogP contribution in [0.5, 0.6) is 5.75 Å². The third kappa shape index (κ3) is 3.14. The standard InChI is InChI=1S/C10H11F2NO/c11-5-8(6-13)7-14-10-3-1-9(12)2-4-10/h1-5H,6-7,13H2/b8-5-. The molecule has 1 aromatic carbocycles. The molecule has 0 aliphatic rings. The summed E-state index contributed by atoms with van der Waals surface area (Å²) in [7, 11) is 0. The first-order chi connectivity index (χ1) is 6.76. The summed E-state index contributed by atoms with van der Waals surface area (Å²) >= 11 is 0. The first-order valence-corrected chi connectivity index (χ1v) is 4.13. The predicted molar refractivity (Wildman–Crippen MR) is 50.1 cm³/mol. The van der Waals surface area contributed by atoms with Crippen molar-refractivity contribution in [3.05, 3.63) is 42.0 Å². The van der Waals surface area contributed by atoms with Gasteiger partial charge in [-0.05, 0) is 24.3 Å². The average Bonchev–Trinajstić information content (AvgIpc) is 2.22. The number of nitrogens with two attached hydrogens (primary N) is 1. The van der Waals surface area contributed by atoms with E-state index >= 15 is 0 Å². The van der Waals surface area contributed by atoms with Crippen LogP contribution in [0.2, 0.25) is 0 Å². The molecule has 0 spiro atoms. The molecule has 0 aliphatic carbocycles. The van der Waals surface area contributed by atoms with Gasteiger partial charge in [-0.25, -0.2) is 8.78 Å². The molecule has 0 saturated heterocycles. The smallest absolute Gasteiger partial charge is 0.123 e. The van der Waals surface area contributed by atoms with E-state index in [0.717, 1.165) is 0 Å². The van der Waals surface area contributed by atoms with Gasteiger partial charge in [-0.1, -0.05) is 0 Å². The lowest BCUT2D eigenvalue weighted by molar-refractivity contribution is 0.347. The van der Waals surface area contributed by atoms with Crippen LogP contribution in [0.15, 0.2) is 36.2 Å². The molecule has 0 bridgehead atoms. The highest BCUT2D eigenvalue weighted by molar-refractivity contribution is 5.22. The topological polar surface area (TPSA) is 35.2 Å². The molecule has 1 aromatic rings. The van der Waals surface area contributed by atoms with Crippen molar-refractivity contribution in [1.82, 2.24) is 0 Å². The minimum Gasteiger partial charge on any atom is -0.489 e. The van der Waals surface area contributed by atoms with Crippen molar-refractivity contribution in [2.45, 2.75) is 0 Å². The van der Waals surface area contributed by atoms with Crippen molar-refractivity contribution in [2.24, 2.45) is 5.73 Å². The van der Waals surface area contributed by atoms with E-state index in [0.29, 0.717) is 17.7 Å². The molecule has 14 heavy (non-hydrogen) atoms. The zero-order valence-electron chi connectivity index (χ0n) is 7.54. The van der Waals surface area contributed by atoms with E-state index in [-0.39, 0.29) is 19.0 Å². The molecular weight excluding hydrogens is 188 g/mol. The zero-order valence-corrected chi connectivity index (χ0v) is 7.54. The van der Waals surface area contributed by atoms with Crippen molar-refractivity contribution in [3.63, 3.8) is 0 Å². The number of hydrogen-bond acceptors (Lipinski definition) is 2. The quantitative estimate of drug-likeness (QED) is 0.805. The minimum absolute atomic E-state index is 0.0820. The second-order valence-electron chi connectivity index (χ2n) is 2.71. The Morgan fingerprint density at radius 1 is 1.36 bits per heavy atom. The fraction of sp³-hybridized carbons (Fsp3) is 0.200. The van der Waals surface area contributed by atoms with Crippen molar-refractivity contribution >= 4 is 0 Å². The number of rotatable bonds is 4. The summed E-state index contributed by atoms with van der Waals surface area (Å²) in [5, 5.41) is 0. The van der Waals surface area contributed by atoms with Crippen molar-refractivity contribution < 1.29 is 13.5 Å². The Morgan fingerprint density at radius 3 is 2.50 bits per heavy atom. The van der Waals surface area contributed by atoms with Gasteiger partial charge in [0.05, 0.1) is 6.33 Å². The second-order valence-corrected chi connectivity index (χ2v) is 2.71. The third-order valence-corrected chi connectivity index (χ3v) is 1.65. The lowest BCUT2D eigenvalue weighted by atomic mass is 10.3. The van der Waals surface area contributed by atoms with Gasteiger partial charge in [0.15, 0.2) is 0 Å². The fourth-order valence-corrected chi connectivity index (χ4v) is 0.842. The Bertz CT molecular complexity index is 308. The monoisotopic (exact) mass is 199 g/mol. The number of ether oxygens (including phenoxy) is 1. The SMILES string of the molecule is NC/C(=C/F)COc1ccc(F)cc1. The molecule has 0 aromatic heterocycles. The first-order valence-electron chi connectivity index (χ1n) is 4.13. The molecule has 76 valence electrons. The molecule has 4 heteroatoms. The molecule has 2 nitrogen and oxygen atoms in total. The van der Waals surface area contributed by atoms with Crippen LogP contribution < -0.4 is 10.5 Å². The van der Waals surface area contributed by atoms with Gasteiger partial charge in [-0.3, -0.25) is 0 Å². The van der Waals surface area contributed by atoms with Crippen LogP contribution >= 0.6 is 0 Å². The number of halogens is 2. The van der Waals surface area contributed by atoms with E-state index in [1.54, 1.807) is 0 Å². The van der Waals surface area contributed by atoms with Gasteiger partial charge in [0, 0.05) is 12.1 Å². The van der Waals surface area contributed by atoms with E-state index in [4.69, 9.17) is 10.5 Å². The van der Waals surface area contributed by atoms with Crippen molar-refractivity contribution in [1.29, 1.82) is 0 Å². The lowest BCUT2D eigenvalue weighted by Crippen LogP contribution is -2.10. The lowest BCUT2D eigenvalue weighted by Gasteiger charge is -2.06. The van der Waals surface area contributed by atoms with E-state index < -0.39 is 0 Å². The summed E-state index contributed by atoms with van der Waals surface area (Å²) in [6.07, 6.45) is 0.420. The minimum atomic E-state index is -0.336. The van der Waals surface area contributed by atoms with Gasteiger partial charge in [0.1, 0.15) is 18.2 Å². The van der Waals surface area contributed by atoms with Crippen LogP contribution in [0, 0.1) is 5.82 Å². The van der Waals surface area contributed by atoms with E-state index in [9.17, 15) is 8.78 Å². The Balaban J connectivity index is 2.49. The molecule has 0 heterocycles. The molecule has 0 fully saturated rings. The molecule has 1 rings (SSSR count). The summed E-state index contributed by atoms with van der Waals surface area (Å²) in [5.41, 5.74) is 5.58. The van der Waals surface area contributed by atoms with Crippen LogP contribution in [0.3, 0.4) is 0 Å². The molecule has 2 N–H and O–H groups in total. The summed E-state index contributed by atoms with van der Waals surface area (Å²) in [6.45, 7) is 0.191. The molecule has 0 radical (unpaired) electrons. The van der Waals surface area contributed by atoms with E-state index in [1.165, 1.54) is 24.3 Å². The molecule has 0 amide bonds. The number of hydrogen-bond donors (Lipinski definition) is 1. The summed E-state index contributed by atoms with van der Waals surface area (Å²) in [4.78, 5) is 0. The highest BCUT2D eigenvalue weighted by Gasteiger charge is 1.97. The van der Waals surface area contributed by atoms with Crippen molar-refractivity contribution in [3.8, 4) is 5.75 Å². The average molecular weight is 199 g/mol. The Labute approximate surface area is 81.0 Å². The molecule has 0 saturated carbocycles. The highest BCUT2D eigenvalue weighted by atomic mass is 19.1. The molecule has 0 unspecified atom stereocenters. The van der Waals surface area contributed by atoms with Gasteiger partial charge in [-0.2, -0.15) is 0 Å². The number of benzene rings is 1. The van der Waals surface area contributed by atoms with E-state index in [1.807, 2.05) is 0 Å². The normalized spacial score (nSPS) is 11.5. The third-order valence-electron chi connectivity index (χ3n) is 1.65. The highest BCUT2D eigenvalue weighted by Crippen LogP contribution is 2.11. The van der Waals surface area contributed by atoms with Gasteiger partial charge >= 0.3 is 0 Å². The van der Waals surface area contributed by atoms with Crippen molar-refractivity contribution in [2.75, 3.05) is 13.2 Å². The van der Waals surface area contributed by atoms with Crippen LogP contribution in [0.1, 0.15) is 0 Å². The summed E-state index contributed by atoms with van der Waals surface area (Å²) in [6, 6.07) is 5.50. The molecular formula is C10H11F2NO. The maximum absolute atomic E-state index is 12.5. The van der Waals surface area contributed by atoms with E-state index in [2.05, 4.69) is 0 Å². The molecule has 0 atom stereocenters. The van der Waals surface area contributed by atoms with Gasteiger partial charge in [0.2, 0.25) is 0 Å². The Kier molecular flexibility index (Phi) is 4.07. The van der Waals surface area contributed by atoms with Gasteiger partial charge in [0.25, 0.3) is 0 Å².